The van der Waals surface area contributed by atoms with E-state index in [2.05, 4.69) is 21.3 Å². The summed E-state index contributed by atoms with van der Waals surface area (Å²) in [5.74, 6) is 0.670. The van der Waals surface area contributed by atoms with Gasteiger partial charge in [-0.2, -0.15) is 4.31 Å². The van der Waals surface area contributed by atoms with E-state index in [1.165, 1.54) is 17.1 Å². The maximum atomic E-state index is 13.0. The highest BCUT2D eigenvalue weighted by molar-refractivity contribution is 7.89. The van der Waals surface area contributed by atoms with Crippen molar-refractivity contribution >= 4 is 38.3 Å². The Hall–Kier alpha value is -2.95. The summed E-state index contributed by atoms with van der Waals surface area (Å²) in [7, 11) is -1.70. The average Bonchev–Trinajstić information content (AvgIpc) is 3.52. The molecule has 2 saturated heterocycles. The van der Waals surface area contributed by atoms with Gasteiger partial charge in [-0.3, -0.25) is 4.79 Å². The molecule has 3 aromatic rings. The molecule has 2 aliphatic rings. The van der Waals surface area contributed by atoms with Crippen molar-refractivity contribution in [3.05, 3.63) is 48.3 Å². The highest BCUT2D eigenvalue weighted by Gasteiger charge is 2.27. The molecule has 9 nitrogen and oxygen atoms in total. The zero-order valence-corrected chi connectivity index (χ0v) is 20.8. The summed E-state index contributed by atoms with van der Waals surface area (Å²) >= 11 is 0. The molecule has 1 N–H and O–H groups in total. The fraction of sp³-hybridized carbons (Fsp3) is 0.440. The fourth-order valence-electron chi connectivity index (χ4n) is 4.80. The smallest absolute Gasteiger partial charge is 0.243 e. The monoisotopic (exact) mass is 497 g/mol. The number of carbonyl (C=O) groups excluding carboxylic acids is 1. The van der Waals surface area contributed by atoms with E-state index >= 15 is 0 Å². The number of nitrogens with one attached hydrogen (secondary N) is 1. The zero-order chi connectivity index (χ0) is 24.4. The van der Waals surface area contributed by atoms with Crippen molar-refractivity contribution in [3.8, 4) is 0 Å². The number of para-hydroxylation sites is 2. The topological polar surface area (TPSA) is 96.8 Å². The molecule has 0 aliphatic carbocycles. The standard InChI is InChI=1S/C25H31N5O4S/c1-28-22-9-8-19(35(32,33)30-14-16-34-17-15-30)18-21(22)26-24(28)10-11-25(31)27-20-6-2-3-7-23(20)29-12-4-5-13-29/h2-3,6-9,18H,4-5,10-17H2,1H3,(H,27,31). The molecule has 2 fully saturated rings. The number of imidazole rings is 1. The van der Waals surface area contributed by atoms with Crippen LogP contribution >= 0.6 is 0 Å². The molecule has 0 bridgehead atoms. The molecule has 0 radical (unpaired) electrons. The van der Waals surface area contributed by atoms with Crippen molar-refractivity contribution in [3.63, 3.8) is 0 Å². The Balaban J connectivity index is 1.28. The predicted octanol–water partition coefficient (Wildman–Crippen LogP) is 2.77. The molecule has 1 amide bonds. The van der Waals surface area contributed by atoms with Gasteiger partial charge in [-0.05, 0) is 43.2 Å². The molecule has 186 valence electrons. The van der Waals surface area contributed by atoms with Crippen molar-refractivity contribution in [1.29, 1.82) is 0 Å². The normalized spacial score (nSPS) is 17.2. The summed E-state index contributed by atoms with van der Waals surface area (Å²) in [6.45, 7) is 3.53. The van der Waals surface area contributed by atoms with Gasteiger partial charge in [-0.1, -0.05) is 12.1 Å². The molecule has 5 rings (SSSR count). The number of carbonyl (C=O) groups is 1. The summed E-state index contributed by atoms with van der Waals surface area (Å²) in [5, 5.41) is 3.06. The number of hydrogen-bond donors (Lipinski definition) is 1. The maximum absolute atomic E-state index is 13.0. The van der Waals surface area contributed by atoms with Gasteiger partial charge in [0.1, 0.15) is 5.82 Å². The second kappa shape index (κ2) is 9.96. The lowest BCUT2D eigenvalue weighted by Crippen LogP contribution is -2.40. The van der Waals surface area contributed by atoms with E-state index in [1.54, 1.807) is 18.2 Å². The van der Waals surface area contributed by atoms with Gasteiger partial charge >= 0.3 is 0 Å². The minimum absolute atomic E-state index is 0.0701. The van der Waals surface area contributed by atoms with Crippen molar-refractivity contribution in [2.24, 2.45) is 7.05 Å². The van der Waals surface area contributed by atoms with E-state index in [1.807, 2.05) is 29.8 Å². The average molecular weight is 498 g/mol. The summed E-state index contributed by atoms with van der Waals surface area (Å²) in [4.78, 5) is 20.0. The first-order valence-electron chi connectivity index (χ1n) is 12.1. The van der Waals surface area contributed by atoms with Crippen LogP contribution in [0.3, 0.4) is 0 Å². The molecule has 0 spiro atoms. The van der Waals surface area contributed by atoms with Gasteiger partial charge in [-0.25, -0.2) is 13.4 Å². The number of ether oxygens (including phenoxy) is 1. The van der Waals surface area contributed by atoms with Gasteiger partial charge in [0.2, 0.25) is 15.9 Å². The highest BCUT2D eigenvalue weighted by Crippen LogP contribution is 2.29. The Bertz CT molecular complexity index is 1320. The number of aromatic nitrogens is 2. The summed E-state index contributed by atoms with van der Waals surface area (Å²) < 4.78 is 34.7. The first kappa shape index (κ1) is 23.8. The zero-order valence-electron chi connectivity index (χ0n) is 19.9. The number of morpholine rings is 1. The summed E-state index contributed by atoms with van der Waals surface area (Å²) in [5.41, 5.74) is 3.34. The van der Waals surface area contributed by atoms with Crippen LogP contribution in [0.15, 0.2) is 47.4 Å². The maximum Gasteiger partial charge on any atom is 0.243 e. The van der Waals surface area contributed by atoms with Crippen LogP contribution in [0.4, 0.5) is 11.4 Å². The lowest BCUT2D eigenvalue weighted by Gasteiger charge is -2.26. The summed E-state index contributed by atoms with van der Waals surface area (Å²) in [6, 6.07) is 13.0. The number of aryl methyl sites for hydroxylation is 2. The Kier molecular flexibility index (Phi) is 6.77. The molecule has 3 heterocycles. The largest absolute Gasteiger partial charge is 0.379 e. The van der Waals surface area contributed by atoms with E-state index in [-0.39, 0.29) is 17.2 Å². The quantitative estimate of drug-likeness (QED) is 0.539. The number of anilines is 2. The van der Waals surface area contributed by atoms with Gasteiger partial charge < -0.3 is 19.5 Å². The van der Waals surface area contributed by atoms with Gasteiger partial charge in [-0.15, -0.1) is 0 Å². The second-order valence-electron chi connectivity index (χ2n) is 9.01. The lowest BCUT2D eigenvalue weighted by molar-refractivity contribution is -0.116. The molecule has 0 saturated carbocycles. The van der Waals surface area contributed by atoms with Gasteiger partial charge in [0.15, 0.2) is 0 Å². The van der Waals surface area contributed by atoms with Crippen LogP contribution in [0.2, 0.25) is 0 Å². The van der Waals surface area contributed by atoms with Gasteiger partial charge in [0, 0.05) is 46.1 Å². The molecular formula is C25H31N5O4S. The molecule has 2 aromatic carbocycles. The minimum Gasteiger partial charge on any atom is -0.379 e. The van der Waals surface area contributed by atoms with Crippen molar-refractivity contribution in [2.75, 3.05) is 49.6 Å². The fourth-order valence-corrected chi connectivity index (χ4v) is 6.23. The van der Waals surface area contributed by atoms with Crippen LogP contribution in [0.5, 0.6) is 0 Å². The third-order valence-electron chi connectivity index (χ3n) is 6.75. The van der Waals surface area contributed by atoms with Gasteiger partial charge in [0.05, 0.1) is 40.5 Å². The predicted molar refractivity (Wildman–Crippen MR) is 135 cm³/mol. The number of sulfonamides is 1. The summed E-state index contributed by atoms with van der Waals surface area (Å²) in [6.07, 6.45) is 3.08. The van der Waals surface area contributed by atoms with Crippen molar-refractivity contribution in [1.82, 2.24) is 13.9 Å². The number of fused-ring (bicyclic) bond motifs is 1. The number of benzene rings is 2. The number of nitrogens with zero attached hydrogens (tertiary/aromatic N) is 4. The number of hydrogen-bond acceptors (Lipinski definition) is 6. The van der Waals surface area contributed by atoms with E-state index in [0.717, 1.165) is 35.8 Å². The van der Waals surface area contributed by atoms with Crippen LogP contribution in [-0.4, -0.2) is 67.6 Å². The lowest BCUT2D eigenvalue weighted by atomic mass is 10.2. The van der Waals surface area contributed by atoms with Crippen molar-refractivity contribution < 1.29 is 17.9 Å². The van der Waals surface area contributed by atoms with Crippen LogP contribution in [0.1, 0.15) is 25.1 Å². The van der Waals surface area contributed by atoms with Crippen LogP contribution in [-0.2, 0) is 33.0 Å². The Morgan fingerprint density at radius 2 is 1.80 bits per heavy atom. The molecule has 1 aromatic heterocycles. The van der Waals surface area contributed by atoms with Crippen molar-refractivity contribution in [2.45, 2.75) is 30.6 Å². The Morgan fingerprint density at radius 1 is 1.06 bits per heavy atom. The first-order chi connectivity index (χ1) is 16.9. The third-order valence-corrected chi connectivity index (χ3v) is 8.65. The molecule has 35 heavy (non-hydrogen) atoms. The van der Waals surface area contributed by atoms with E-state index in [0.29, 0.717) is 38.2 Å². The van der Waals surface area contributed by atoms with E-state index < -0.39 is 10.0 Å². The highest BCUT2D eigenvalue weighted by atomic mass is 32.2. The molecular weight excluding hydrogens is 466 g/mol. The molecule has 0 unspecified atom stereocenters. The van der Waals surface area contributed by atoms with Crippen LogP contribution < -0.4 is 10.2 Å². The molecule has 10 heteroatoms. The molecule has 0 atom stereocenters. The van der Waals surface area contributed by atoms with E-state index in [4.69, 9.17) is 4.74 Å². The Morgan fingerprint density at radius 3 is 2.57 bits per heavy atom. The van der Waals surface area contributed by atoms with Gasteiger partial charge in [0.25, 0.3) is 0 Å². The van der Waals surface area contributed by atoms with Crippen LogP contribution in [0, 0.1) is 0 Å². The van der Waals surface area contributed by atoms with E-state index in [9.17, 15) is 13.2 Å². The minimum atomic E-state index is -3.59. The Labute approximate surface area is 205 Å². The third kappa shape index (κ3) is 4.91. The second-order valence-corrected chi connectivity index (χ2v) is 11.0. The molecule has 2 aliphatic heterocycles. The van der Waals surface area contributed by atoms with Crippen LogP contribution in [0.25, 0.3) is 11.0 Å². The first-order valence-corrected chi connectivity index (χ1v) is 13.5. The number of rotatable bonds is 7. The number of amides is 1. The SMILES string of the molecule is Cn1c(CCC(=O)Nc2ccccc2N2CCCC2)nc2cc(S(=O)(=O)N3CCOCC3)ccc21.